The van der Waals surface area contributed by atoms with Gasteiger partial charge < -0.3 is 10.2 Å². The number of nitrogens with one attached hydrogen (secondary N) is 1. The third kappa shape index (κ3) is 3.22. The number of hydrogen-bond acceptors (Lipinski definition) is 4. The monoisotopic (exact) mass is 276 g/mol. The maximum Gasteiger partial charge on any atom is 0.135 e. The second-order valence-electron chi connectivity index (χ2n) is 6.31. The Morgan fingerprint density at radius 2 is 1.95 bits per heavy atom. The molecule has 1 saturated carbocycles. The average Bonchev–Trinajstić information content (AvgIpc) is 2.46. The maximum atomic E-state index is 4.77. The average molecular weight is 276 g/mol. The molecule has 1 aliphatic rings. The van der Waals surface area contributed by atoms with Crippen LogP contribution in [0, 0.1) is 5.92 Å². The quantitative estimate of drug-likeness (QED) is 0.911. The molecule has 0 saturated heterocycles. The molecule has 2 unspecified atom stereocenters. The van der Waals surface area contributed by atoms with Gasteiger partial charge in [-0.1, -0.05) is 33.6 Å². The fourth-order valence-electron chi connectivity index (χ4n) is 3.06. The molecule has 0 aliphatic heterocycles. The maximum absolute atomic E-state index is 4.77. The van der Waals surface area contributed by atoms with Crippen molar-refractivity contribution >= 4 is 11.6 Å². The van der Waals surface area contributed by atoms with Crippen LogP contribution in [0.1, 0.15) is 58.2 Å². The zero-order valence-corrected chi connectivity index (χ0v) is 13.5. The molecule has 1 aromatic rings. The lowest BCUT2D eigenvalue weighted by Crippen LogP contribution is -2.39. The van der Waals surface area contributed by atoms with Gasteiger partial charge in [-0.15, -0.1) is 0 Å². The molecule has 2 rings (SSSR count). The van der Waals surface area contributed by atoms with E-state index in [0.29, 0.717) is 12.0 Å². The molecule has 0 bridgehead atoms. The van der Waals surface area contributed by atoms with Crippen LogP contribution in [-0.2, 0) is 0 Å². The Morgan fingerprint density at radius 3 is 2.55 bits per heavy atom. The predicted molar refractivity (Wildman–Crippen MR) is 85.5 cm³/mol. The van der Waals surface area contributed by atoms with Crippen molar-refractivity contribution in [3.05, 3.63) is 11.9 Å². The summed E-state index contributed by atoms with van der Waals surface area (Å²) in [5.41, 5.74) is 0. The zero-order chi connectivity index (χ0) is 14.7. The molecule has 1 heterocycles. The predicted octanol–water partition coefficient (Wildman–Crippen LogP) is 3.66. The molecule has 1 fully saturated rings. The van der Waals surface area contributed by atoms with Crippen LogP contribution >= 0.6 is 0 Å². The van der Waals surface area contributed by atoms with Crippen LogP contribution in [-0.4, -0.2) is 30.1 Å². The van der Waals surface area contributed by atoms with Gasteiger partial charge in [0.1, 0.15) is 17.5 Å². The molecule has 4 nitrogen and oxygen atoms in total. The molecule has 0 spiro atoms. The molecule has 112 valence electrons. The van der Waals surface area contributed by atoms with Crippen LogP contribution < -0.4 is 10.2 Å². The number of anilines is 2. The summed E-state index contributed by atoms with van der Waals surface area (Å²) in [4.78, 5) is 11.7. The first-order valence-electron chi connectivity index (χ1n) is 7.82. The SMILES string of the molecule is CNc1cc(N(C)C2CCCCC2C)nc(C(C)C)n1. The second-order valence-corrected chi connectivity index (χ2v) is 6.31. The Hall–Kier alpha value is -1.32. The van der Waals surface area contributed by atoms with E-state index in [-0.39, 0.29) is 0 Å². The lowest BCUT2D eigenvalue weighted by atomic mass is 9.85. The minimum absolute atomic E-state index is 0.347. The fraction of sp³-hybridized carbons (Fsp3) is 0.750. The Morgan fingerprint density at radius 1 is 1.25 bits per heavy atom. The first kappa shape index (κ1) is 15.1. The highest BCUT2D eigenvalue weighted by molar-refractivity contribution is 5.49. The van der Waals surface area contributed by atoms with Crippen molar-refractivity contribution in [1.82, 2.24) is 9.97 Å². The van der Waals surface area contributed by atoms with Gasteiger partial charge in [-0.05, 0) is 18.8 Å². The molecule has 2 atom stereocenters. The van der Waals surface area contributed by atoms with E-state index in [4.69, 9.17) is 4.98 Å². The molecule has 0 aromatic carbocycles. The number of aromatic nitrogens is 2. The lowest BCUT2D eigenvalue weighted by Gasteiger charge is -2.37. The number of hydrogen-bond donors (Lipinski definition) is 1. The minimum atomic E-state index is 0.347. The van der Waals surface area contributed by atoms with Gasteiger partial charge in [0.15, 0.2) is 0 Å². The van der Waals surface area contributed by atoms with E-state index in [0.717, 1.165) is 23.4 Å². The van der Waals surface area contributed by atoms with Crippen LogP contribution in [0.4, 0.5) is 11.6 Å². The van der Waals surface area contributed by atoms with Crippen LogP contribution in [0.2, 0.25) is 0 Å². The molecular formula is C16H28N4. The Balaban J connectivity index is 2.28. The fourth-order valence-corrected chi connectivity index (χ4v) is 3.06. The van der Waals surface area contributed by atoms with Crippen molar-refractivity contribution in [3.8, 4) is 0 Å². The molecule has 1 N–H and O–H groups in total. The molecule has 1 aliphatic carbocycles. The van der Waals surface area contributed by atoms with E-state index in [9.17, 15) is 0 Å². The highest BCUT2D eigenvalue weighted by Gasteiger charge is 2.26. The summed E-state index contributed by atoms with van der Waals surface area (Å²) in [6.07, 6.45) is 5.30. The number of rotatable bonds is 4. The Labute approximate surface area is 123 Å². The largest absolute Gasteiger partial charge is 0.373 e. The van der Waals surface area contributed by atoms with E-state index < -0.39 is 0 Å². The standard InChI is InChI=1S/C16H28N4/c1-11(2)16-18-14(17-4)10-15(19-16)20(5)13-9-7-6-8-12(13)3/h10-13H,6-9H2,1-5H3,(H,17,18,19). The third-order valence-corrected chi connectivity index (χ3v) is 4.43. The van der Waals surface area contributed by atoms with Gasteiger partial charge in [0.2, 0.25) is 0 Å². The van der Waals surface area contributed by atoms with Gasteiger partial charge in [0.05, 0.1) is 0 Å². The zero-order valence-electron chi connectivity index (χ0n) is 13.5. The van der Waals surface area contributed by atoms with E-state index in [1.165, 1.54) is 25.7 Å². The van der Waals surface area contributed by atoms with E-state index >= 15 is 0 Å². The summed E-state index contributed by atoms with van der Waals surface area (Å²) in [7, 11) is 4.10. The Bertz CT molecular complexity index is 444. The van der Waals surface area contributed by atoms with Crippen molar-refractivity contribution in [2.24, 2.45) is 5.92 Å². The van der Waals surface area contributed by atoms with Crippen molar-refractivity contribution in [1.29, 1.82) is 0 Å². The van der Waals surface area contributed by atoms with Crippen molar-refractivity contribution in [2.45, 2.75) is 58.4 Å². The van der Waals surface area contributed by atoms with Crippen LogP contribution in [0.25, 0.3) is 0 Å². The highest BCUT2D eigenvalue weighted by atomic mass is 15.2. The smallest absolute Gasteiger partial charge is 0.135 e. The van der Waals surface area contributed by atoms with Gasteiger partial charge >= 0.3 is 0 Å². The normalized spacial score (nSPS) is 22.9. The van der Waals surface area contributed by atoms with Crippen molar-refractivity contribution in [2.75, 3.05) is 24.3 Å². The van der Waals surface area contributed by atoms with Gasteiger partial charge in [0.25, 0.3) is 0 Å². The molecule has 0 amide bonds. The molecule has 1 aromatic heterocycles. The van der Waals surface area contributed by atoms with Gasteiger partial charge in [-0.25, -0.2) is 9.97 Å². The lowest BCUT2D eigenvalue weighted by molar-refractivity contribution is 0.320. The molecule has 0 radical (unpaired) electrons. The molecule has 20 heavy (non-hydrogen) atoms. The summed E-state index contributed by atoms with van der Waals surface area (Å²) < 4.78 is 0. The molecular weight excluding hydrogens is 248 g/mol. The topological polar surface area (TPSA) is 41.0 Å². The summed E-state index contributed by atoms with van der Waals surface area (Å²) in [6.45, 7) is 6.65. The minimum Gasteiger partial charge on any atom is -0.373 e. The van der Waals surface area contributed by atoms with Crippen LogP contribution in [0.15, 0.2) is 6.07 Å². The van der Waals surface area contributed by atoms with E-state index in [1.54, 1.807) is 0 Å². The van der Waals surface area contributed by atoms with E-state index in [1.807, 2.05) is 7.05 Å². The van der Waals surface area contributed by atoms with Gasteiger partial charge in [-0.3, -0.25) is 0 Å². The highest BCUT2D eigenvalue weighted by Crippen LogP contribution is 2.30. The number of nitrogens with zero attached hydrogens (tertiary/aromatic N) is 3. The Kier molecular flexibility index (Phi) is 4.84. The summed E-state index contributed by atoms with van der Waals surface area (Å²) in [5.74, 6) is 3.96. The first-order chi connectivity index (χ1) is 9.52. The van der Waals surface area contributed by atoms with Crippen LogP contribution in [0.5, 0.6) is 0 Å². The molecule has 4 heteroatoms. The summed E-state index contributed by atoms with van der Waals surface area (Å²) in [6, 6.07) is 2.66. The third-order valence-electron chi connectivity index (χ3n) is 4.43. The summed E-state index contributed by atoms with van der Waals surface area (Å²) in [5, 5.41) is 3.15. The first-order valence-corrected chi connectivity index (χ1v) is 7.82. The van der Waals surface area contributed by atoms with E-state index in [2.05, 4.69) is 49.1 Å². The van der Waals surface area contributed by atoms with Gasteiger partial charge in [0, 0.05) is 32.1 Å². The van der Waals surface area contributed by atoms with Crippen molar-refractivity contribution < 1.29 is 0 Å². The van der Waals surface area contributed by atoms with Crippen LogP contribution in [0.3, 0.4) is 0 Å². The van der Waals surface area contributed by atoms with Gasteiger partial charge in [-0.2, -0.15) is 0 Å². The second kappa shape index (κ2) is 6.42. The summed E-state index contributed by atoms with van der Waals surface area (Å²) >= 11 is 0. The van der Waals surface area contributed by atoms with Crippen molar-refractivity contribution in [3.63, 3.8) is 0 Å².